The molecule has 0 aliphatic carbocycles. The molecule has 0 fully saturated rings. The predicted molar refractivity (Wildman–Crippen MR) is 42.2 cm³/mol. The van der Waals surface area contributed by atoms with Gasteiger partial charge in [-0.1, -0.05) is 0 Å². The fraction of sp³-hybridized carbons (Fsp3) is 1.00. The van der Waals surface area contributed by atoms with Crippen molar-refractivity contribution in [1.29, 1.82) is 0 Å². The van der Waals surface area contributed by atoms with E-state index >= 15 is 0 Å². The molecule has 0 aliphatic rings. The van der Waals surface area contributed by atoms with Crippen LogP contribution in [0, 0.1) is 0 Å². The van der Waals surface area contributed by atoms with Crippen molar-refractivity contribution in [2.45, 2.75) is 12.0 Å². The summed E-state index contributed by atoms with van der Waals surface area (Å²) < 4.78 is 9.92. The normalized spacial score (nSPS) is 10.7. The van der Waals surface area contributed by atoms with Crippen LogP contribution in [0.5, 0.6) is 0 Å². The van der Waals surface area contributed by atoms with Crippen LogP contribution in [0.1, 0.15) is 0 Å². The van der Waals surface area contributed by atoms with Gasteiger partial charge in [0.05, 0.1) is 0 Å². The van der Waals surface area contributed by atoms with Crippen LogP contribution in [-0.2, 0) is 9.47 Å². The molecule has 0 saturated carbocycles. The van der Waals surface area contributed by atoms with Crippen molar-refractivity contribution in [2.75, 3.05) is 20.0 Å². The van der Waals surface area contributed by atoms with E-state index in [0.717, 1.165) is 11.8 Å². The molecule has 0 spiro atoms. The minimum atomic E-state index is -0.0165. The molecule has 2 nitrogen and oxygen atoms in total. The van der Waals surface area contributed by atoms with E-state index in [9.17, 15) is 0 Å². The molecule has 0 amide bonds. The Kier molecular flexibility index (Phi) is 6.96. The molecular formula is C5H12O2SSi. The van der Waals surface area contributed by atoms with Gasteiger partial charge in [-0.3, -0.25) is 0 Å². The molecule has 4 heteroatoms. The summed E-state index contributed by atoms with van der Waals surface area (Å²) >= 11 is 4.07. The van der Waals surface area contributed by atoms with Gasteiger partial charge in [0, 0.05) is 14.2 Å². The Labute approximate surface area is 64.2 Å². The lowest BCUT2D eigenvalue weighted by Crippen LogP contribution is -2.21. The summed E-state index contributed by atoms with van der Waals surface area (Å²) in [5.74, 6) is 0.888. The largest absolute Gasteiger partial charge is 0.360 e. The van der Waals surface area contributed by atoms with Gasteiger partial charge in [-0.2, -0.15) is 12.6 Å². The first-order valence-corrected chi connectivity index (χ1v) is 4.66. The van der Waals surface area contributed by atoms with E-state index in [1.54, 1.807) is 14.2 Å². The fourth-order valence-electron chi connectivity index (χ4n) is 0.445. The first-order valence-electron chi connectivity index (χ1n) is 2.75. The zero-order valence-corrected chi connectivity index (χ0v) is 7.65. The van der Waals surface area contributed by atoms with Gasteiger partial charge in [-0.25, -0.2) is 0 Å². The topological polar surface area (TPSA) is 18.5 Å². The smallest absolute Gasteiger partial charge is 0.136 e. The maximum Gasteiger partial charge on any atom is 0.136 e. The monoisotopic (exact) mass is 164 g/mol. The van der Waals surface area contributed by atoms with Gasteiger partial charge in [-0.15, -0.1) is 0 Å². The van der Waals surface area contributed by atoms with E-state index in [1.165, 1.54) is 0 Å². The summed E-state index contributed by atoms with van der Waals surface area (Å²) in [4.78, 5) is 0. The van der Waals surface area contributed by atoms with Gasteiger partial charge < -0.3 is 9.47 Å². The van der Waals surface area contributed by atoms with Crippen LogP contribution in [0.25, 0.3) is 0 Å². The Morgan fingerprint density at radius 1 is 1.44 bits per heavy atom. The highest BCUT2D eigenvalue weighted by Gasteiger charge is 2.03. The fourth-order valence-corrected chi connectivity index (χ4v) is 1.53. The zero-order valence-electron chi connectivity index (χ0n) is 5.76. The van der Waals surface area contributed by atoms with Crippen LogP contribution in [0.15, 0.2) is 0 Å². The van der Waals surface area contributed by atoms with Gasteiger partial charge in [0.25, 0.3) is 0 Å². The number of hydrogen-bond acceptors (Lipinski definition) is 3. The third kappa shape index (κ3) is 4.96. The van der Waals surface area contributed by atoms with Crippen molar-refractivity contribution < 1.29 is 9.47 Å². The molecule has 0 unspecified atom stereocenters. The molecule has 0 aromatic carbocycles. The summed E-state index contributed by atoms with van der Waals surface area (Å²) in [5, 5.41) is 0. The standard InChI is InChI=1S/C5H12O2SSi/c1-6-5(7-2)9-4-3-8/h5,8H,3-4H2,1-2H3. The molecular weight excluding hydrogens is 152 g/mol. The van der Waals surface area contributed by atoms with Gasteiger partial charge in [-0.05, 0) is 11.8 Å². The van der Waals surface area contributed by atoms with E-state index in [0.29, 0.717) is 9.52 Å². The van der Waals surface area contributed by atoms with Crippen LogP contribution in [-0.4, -0.2) is 35.4 Å². The predicted octanol–water partition coefficient (Wildman–Crippen LogP) is 0.615. The van der Waals surface area contributed by atoms with E-state index < -0.39 is 0 Å². The molecule has 0 atom stereocenters. The zero-order chi connectivity index (χ0) is 7.11. The lowest BCUT2D eigenvalue weighted by Gasteiger charge is -2.10. The third-order valence-corrected chi connectivity index (χ3v) is 2.84. The molecule has 0 aliphatic heterocycles. The number of ether oxygens (including phenoxy) is 2. The summed E-state index contributed by atoms with van der Waals surface area (Å²) in [5.41, 5.74) is 0. The number of thiol groups is 1. The third-order valence-electron chi connectivity index (χ3n) is 0.851. The van der Waals surface area contributed by atoms with Gasteiger partial charge >= 0.3 is 0 Å². The first-order chi connectivity index (χ1) is 4.35. The summed E-state index contributed by atoms with van der Waals surface area (Å²) in [6.07, 6.45) is 0. The molecule has 0 saturated heterocycles. The molecule has 0 heterocycles. The summed E-state index contributed by atoms with van der Waals surface area (Å²) in [6.45, 7) is 0. The summed E-state index contributed by atoms with van der Waals surface area (Å²) in [6, 6.07) is 1.06. The van der Waals surface area contributed by atoms with Crippen molar-refractivity contribution in [3.05, 3.63) is 0 Å². The quantitative estimate of drug-likeness (QED) is 0.365. The van der Waals surface area contributed by atoms with E-state index in [2.05, 4.69) is 12.6 Å². The van der Waals surface area contributed by atoms with Crippen molar-refractivity contribution in [2.24, 2.45) is 0 Å². The van der Waals surface area contributed by atoms with Gasteiger partial charge in [0.2, 0.25) is 0 Å². The van der Waals surface area contributed by atoms with Crippen molar-refractivity contribution in [3.8, 4) is 0 Å². The molecule has 2 radical (unpaired) electrons. The lowest BCUT2D eigenvalue weighted by molar-refractivity contribution is -0.0439. The van der Waals surface area contributed by atoms with Crippen molar-refractivity contribution in [1.82, 2.24) is 0 Å². The Balaban J connectivity index is 3.09. The highest BCUT2D eigenvalue weighted by molar-refractivity contribution is 7.80. The number of hydrogen-bond donors (Lipinski definition) is 1. The van der Waals surface area contributed by atoms with Gasteiger partial charge in [0.15, 0.2) is 0 Å². The molecule has 0 aromatic heterocycles. The second-order valence-corrected chi connectivity index (χ2v) is 3.31. The Morgan fingerprint density at radius 3 is 2.33 bits per heavy atom. The average Bonchev–Trinajstić information content (AvgIpc) is 1.91. The highest BCUT2D eigenvalue weighted by atomic mass is 32.1. The second kappa shape index (κ2) is 6.60. The Bertz CT molecular complexity index is 58.9. The molecule has 0 bridgehead atoms. The maximum atomic E-state index is 4.96. The second-order valence-electron chi connectivity index (χ2n) is 1.48. The van der Waals surface area contributed by atoms with E-state index in [-0.39, 0.29) is 5.91 Å². The molecule has 54 valence electrons. The van der Waals surface area contributed by atoms with Gasteiger partial charge in [0.1, 0.15) is 15.4 Å². The molecule has 0 rings (SSSR count). The van der Waals surface area contributed by atoms with Crippen LogP contribution in [0.4, 0.5) is 0 Å². The number of rotatable bonds is 5. The van der Waals surface area contributed by atoms with Crippen LogP contribution >= 0.6 is 12.6 Å². The SMILES string of the molecule is COC(OC)[Si]CCS. The van der Waals surface area contributed by atoms with Crippen LogP contribution in [0.3, 0.4) is 0 Å². The lowest BCUT2D eigenvalue weighted by atomic mass is 11.0. The van der Waals surface area contributed by atoms with Crippen molar-refractivity contribution >= 4 is 22.1 Å². The number of methoxy groups -OCH3 is 2. The van der Waals surface area contributed by atoms with E-state index in [1.807, 2.05) is 0 Å². The van der Waals surface area contributed by atoms with Crippen LogP contribution < -0.4 is 0 Å². The van der Waals surface area contributed by atoms with Crippen molar-refractivity contribution in [3.63, 3.8) is 0 Å². The average molecular weight is 164 g/mol. The minimum Gasteiger partial charge on any atom is -0.360 e. The highest BCUT2D eigenvalue weighted by Crippen LogP contribution is 1.92. The Morgan fingerprint density at radius 2 is 2.00 bits per heavy atom. The molecule has 0 N–H and O–H groups in total. The molecule has 9 heavy (non-hydrogen) atoms. The van der Waals surface area contributed by atoms with E-state index in [4.69, 9.17) is 9.47 Å². The minimum absolute atomic E-state index is 0.0165. The molecule has 0 aromatic rings. The summed E-state index contributed by atoms with van der Waals surface area (Å²) in [7, 11) is 4.01. The van der Waals surface area contributed by atoms with Crippen LogP contribution in [0.2, 0.25) is 6.04 Å². The maximum absolute atomic E-state index is 4.96. The first kappa shape index (κ1) is 9.49. The Hall–Kier alpha value is 0.487.